The Morgan fingerprint density at radius 3 is 2.85 bits per heavy atom. The van der Waals surface area contributed by atoms with Gasteiger partial charge in [-0.15, -0.1) is 10.2 Å². The number of nitrogens with zero attached hydrogens (tertiary/aromatic N) is 4. The first-order valence-corrected chi connectivity index (χ1v) is 8.37. The molecule has 1 aliphatic rings. The van der Waals surface area contributed by atoms with Gasteiger partial charge in [0.25, 0.3) is 5.91 Å². The van der Waals surface area contributed by atoms with Gasteiger partial charge in [0, 0.05) is 26.2 Å². The predicted octanol–water partition coefficient (Wildman–Crippen LogP) is 1.93. The highest BCUT2D eigenvalue weighted by Crippen LogP contribution is 2.25. The molecule has 3 rings (SSSR count). The molecule has 1 atom stereocenters. The lowest BCUT2D eigenvalue weighted by Gasteiger charge is -2.35. The molecule has 1 aromatic heterocycles. The van der Waals surface area contributed by atoms with Crippen molar-refractivity contribution >= 4 is 17.4 Å². The molecule has 0 aliphatic carbocycles. The van der Waals surface area contributed by atoms with Crippen LogP contribution in [0.25, 0.3) is 0 Å². The van der Waals surface area contributed by atoms with Crippen LogP contribution < -0.4 is 15.5 Å². The quantitative estimate of drug-likeness (QED) is 0.871. The Morgan fingerprint density at radius 1 is 1.35 bits per heavy atom. The van der Waals surface area contributed by atoms with E-state index >= 15 is 0 Å². The number of carbonyl (C=O) groups excluding carboxylic acids is 1. The van der Waals surface area contributed by atoms with E-state index in [-0.39, 0.29) is 23.5 Å². The monoisotopic (exact) mass is 354 g/mol. The summed E-state index contributed by atoms with van der Waals surface area (Å²) < 4.78 is 14.3. The number of benzene rings is 1. The molecule has 1 aliphatic heterocycles. The number of rotatable bonds is 4. The molecule has 0 spiro atoms. The Kier molecular flexibility index (Phi) is 5.27. The highest BCUT2D eigenvalue weighted by Gasteiger charge is 2.22. The molecule has 134 valence electrons. The standard InChI is InChI=1S/C18H19FN6O/c1-21-18(26)15-5-7-17(24-23-15)22-13-3-2-8-25(11-13)16-6-4-12(10-20)9-14(16)19/h4-7,9,13H,2-3,8,11H2,1H3,(H,21,26)(H,22,24). The van der Waals surface area contributed by atoms with E-state index in [0.29, 0.717) is 23.6 Å². The van der Waals surface area contributed by atoms with Crippen LogP contribution in [0.1, 0.15) is 28.9 Å². The first-order chi connectivity index (χ1) is 12.6. The third kappa shape index (κ3) is 3.88. The topological polar surface area (TPSA) is 93.9 Å². The lowest BCUT2D eigenvalue weighted by atomic mass is 10.0. The van der Waals surface area contributed by atoms with Crippen LogP contribution in [0.15, 0.2) is 30.3 Å². The van der Waals surface area contributed by atoms with Crippen molar-refractivity contribution in [1.29, 1.82) is 5.26 Å². The number of amides is 1. The maximum atomic E-state index is 14.3. The average Bonchev–Trinajstić information content (AvgIpc) is 2.68. The molecule has 8 heteroatoms. The highest BCUT2D eigenvalue weighted by molar-refractivity contribution is 5.91. The first-order valence-electron chi connectivity index (χ1n) is 8.37. The van der Waals surface area contributed by atoms with Crippen molar-refractivity contribution in [2.24, 2.45) is 0 Å². The summed E-state index contributed by atoms with van der Waals surface area (Å²) >= 11 is 0. The van der Waals surface area contributed by atoms with E-state index in [1.54, 1.807) is 24.3 Å². The third-order valence-corrected chi connectivity index (χ3v) is 4.32. The summed E-state index contributed by atoms with van der Waals surface area (Å²) in [7, 11) is 1.54. The molecule has 0 saturated carbocycles. The zero-order valence-corrected chi connectivity index (χ0v) is 14.4. The number of nitriles is 1. The summed E-state index contributed by atoms with van der Waals surface area (Å²) in [6, 6.07) is 9.87. The number of aromatic nitrogens is 2. The summed E-state index contributed by atoms with van der Waals surface area (Å²) in [4.78, 5) is 13.5. The number of hydrogen-bond donors (Lipinski definition) is 2. The molecule has 1 saturated heterocycles. The second-order valence-electron chi connectivity index (χ2n) is 6.09. The molecule has 2 heterocycles. The number of hydrogen-bond acceptors (Lipinski definition) is 6. The Labute approximate surface area is 150 Å². The fourth-order valence-corrected chi connectivity index (χ4v) is 3.01. The third-order valence-electron chi connectivity index (χ3n) is 4.32. The second-order valence-corrected chi connectivity index (χ2v) is 6.09. The van der Waals surface area contributed by atoms with Gasteiger partial charge in [0.05, 0.1) is 17.3 Å². The summed E-state index contributed by atoms with van der Waals surface area (Å²) in [6.07, 6.45) is 1.83. The summed E-state index contributed by atoms with van der Waals surface area (Å²) in [6.45, 7) is 1.37. The van der Waals surface area contributed by atoms with E-state index in [4.69, 9.17) is 5.26 Å². The van der Waals surface area contributed by atoms with Crippen molar-refractivity contribution in [1.82, 2.24) is 15.5 Å². The van der Waals surface area contributed by atoms with E-state index < -0.39 is 0 Å². The normalized spacial score (nSPS) is 16.7. The number of anilines is 2. The van der Waals surface area contributed by atoms with Crippen LogP contribution in [0.4, 0.5) is 15.9 Å². The molecular formula is C18H19FN6O. The minimum atomic E-state index is -0.389. The van der Waals surface area contributed by atoms with Gasteiger partial charge in [-0.25, -0.2) is 4.39 Å². The lowest BCUT2D eigenvalue weighted by molar-refractivity contribution is 0.0957. The SMILES string of the molecule is CNC(=O)c1ccc(NC2CCCN(c3ccc(C#N)cc3F)C2)nn1. The summed E-state index contributed by atoms with van der Waals surface area (Å²) in [5.74, 6) is -0.103. The molecule has 26 heavy (non-hydrogen) atoms. The Balaban J connectivity index is 1.67. The average molecular weight is 354 g/mol. The molecular weight excluding hydrogens is 335 g/mol. The minimum Gasteiger partial charge on any atom is -0.367 e. The highest BCUT2D eigenvalue weighted by atomic mass is 19.1. The van der Waals surface area contributed by atoms with Crippen molar-refractivity contribution in [3.63, 3.8) is 0 Å². The van der Waals surface area contributed by atoms with Crippen LogP contribution >= 0.6 is 0 Å². The number of carbonyl (C=O) groups is 1. The van der Waals surface area contributed by atoms with Gasteiger partial charge in [0.1, 0.15) is 11.6 Å². The molecule has 1 amide bonds. The van der Waals surface area contributed by atoms with Crippen LogP contribution in [0.3, 0.4) is 0 Å². The number of piperidine rings is 1. The van der Waals surface area contributed by atoms with E-state index in [9.17, 15) is 9.18 Å². The van der Waals surface area contributed by atoms with Gasteiger partial charge in [0.2, 0.25) is 0 Å². The van der Waals surface area contributed by atoms with Crippen molar-refractivity contribution in [3.8, 4) is 6.07 Å². The van der Waals surface area contributed by atoms with Crippen molar-refractivity contribution in [2.75, 3.05) is 30.4 Å². The predicted molar refractivity (Wildman–Crippen MR) is 95.4 cm³/mol. The van der Waals surface area contributed by atoms with Crippen molar-refractivity contribution < 1.29 is 9.18 Å². The van der Waals surface area contributed by atoms with Crippen LogP contribution in [0.5, 0.6) is 0 Å². The summed E-state index contributed by atoms with van der Waals surface area (Å²) in [5, 5.41) is 22.6. The fraction of sp³-hybridized carbons (Fsp3) is 0.333. The maximum absolute atomic E-state index is 14.3. The van der Waals surface area contributed by atoms with Gasteiger partial charge in [-0.2, -0.15) is 5.26 Å². The van der Waals surface area contributed by atoms with E-state index in [2.05, 4.69) is 20.8 Å². The van der Waals surface area contributed by atoms with Crippen LogP contribution in [-0.2, 0) is 0 Å². The lowest BCUT2D eigenvalue weighted by Crippen LogP contribution is -2.42. The van der Waals surface area contributed by atoms with Gasteiger partial charge in [-0.1, -0.05) is 0 Å². The second kappa shape index (κ2) is 7.78. The fourth-order valence-electron chi connectivity index (χ4n) is 3.01. The maximum Gasteiger partial charge on any atom is 0.271 e. The van der Waals surface area contributed by atoms with Gasteiger partial charge in [-0.05, 0) is 43.2 Å². The number of nitrogens with one attached hydrogen (secondary N) is 2. The Hall–Kier alpha value is -3.21. The van der Waals surface area contributed by atoms with Crippen molar-refractivity contribution in [3.05, 3.63) is 47.4 Å². The molecule has 1 fully saturated rings. The Bertz CT molecular complexity index is 833. The zero-order chi connectivity index (χ0) is 18.5. The first kappa shape index (κ1) is 17.6. The van der Waals surface area contributed by atoms with Crippen LogP contribution in [0, 0.1) is 17.1 Å². The van der Waals surface area contributed by atoms with Crippen LogP contribution in [0.2, 0.25) is 0 Å². The van der Waals surface area contributed by atoms with Gasteiger partial charge in [0.15, 0.2) is 5.69 Å². The van der Waals surface area contributed by atoms with Gasteiger partial charge in [-0.3, -0.25) is 4.79 Å². The molecule has 2 N–H and O–H groups in total. The number of halogens is 1. The molecule has 2 aromatic rings. The minimum absolute atomic E-state index is 0.0824. The molecule has 7 nitrogen and oxygen atoms in total. The summed E-state index contributed by atoms with van der Waals surface area (Å²) in [5.41, 5.74) is 1.06. The molecule has 0 bridgehead atoms. The van der Waals surface area contributed by atoms with E-state index in [1.165, 1.54) is 13.1 Å². The van der Waals surface area contributed by atoms with Gasteiger partial charge >= 0.3 is 0 Å². The largest absolute Gasteiger partial charge is 0.367 e. The Morgan fingerprint density at radius 2 is 2.19 bits per heavy atom. The van der Waals surface area contributed by atoms with Crippen LogP contribution in [-0.4, -0.2) is 42.3 Å². The van der Waals surface area contributed by atoms with E-state index in [1.807, 2.05) is 11.0 Å². The van der Waals surface area contributed by atoms with E-state index in [0.717, 1.165) is 19.4 Å². The van der Waals surface area contributed by atoms with Crippen molar-refractivity contribution in [2.45, 2.75) is 18.9 Å². The smallest absolute Gasteiger partial charge is 0.271 e. The zero-order valence-electron chi connectivity index (χ0n) is 14.4. The van der Waals surface area contributed by atoms with Gasteiger partial charge < -0.3 is 15.5 Å². The molecule has 0 radical (unpaired) electrons. The molecule has 1 aromatic carbocycles. The molecule has 1 unspecified atom stereocenters.